The van der Waals surface area contributed by atoms with Crippen molar-refractivity contribution in [2.75, 3.05) is 26.8 Å². The van der Waals surface area contributed by atoms with Crippen LogP contribution in [-0.2, 0) is 21.7 Å². The van der Waals surface area contributed by atoms with Crippen LogP contribution >= 0.6 is 15.9 Å². The Bertz CT molecular complexity index is 820. The predicted octanol–water partition coefficient (Wildman–Crippen LogP) is 4.95. The van der Waals surface area contributed by atoms with Crippen LogP contribution in [0.1, 0.15) is 23.6 Å². The van der Waals surface area contributed by atoms with Crippen molar-refractivity contribution in [3.8, 4) is 0 Å². The Morgan fingerprint density at radius 1 is 1.30 bits per heavy atom. The van der Waals surface area contributed by atoms with E-state index in [0.29, 0.717) is 25.5 Å². The van der Waals surface area contributed by atoms with Crippen molar-refractivity contribution in [3.63, 3.8) is 0 Å². The van der Waals surface area contributed by atoms with Gasteiger partial charge in [-0.15, -0.1) is 0 Å². The summed E-state index contributed by atoms with van der Waals surface area (Å²) in [5, 5.41) is 0. The lowest BCUT2D eigenvalue weighted by molar-refractivity contribution is -0.223. The molecule has 2 aromatic rings. The molecule has 4 nitrogen and oxygen atoms in total. The highest BCUT2D eigenvalue weighted by Gasteiger charge is 2.43. The Morgan fingerprint density at radius 2 is 2.00 bits per heavy atom. The van der Waals surface area contributed by atoms with Gasteiger partial charge in [0.2, 0.25) is 0 Å². The number of rotatable bonds is 7. The van der Waals surface area contributed by atoms with Crippen LogP contribution in [0.4, 0.5) is 10.1 Å². The SMILES string of the molecule is CCN(C)C=Nc1cc(C)c(C2(OCc3ccc(Br)cc3)COC2)cc1F. The zero-order valence-electron chi connectivity index (χ0n) is 15.8. The van der Waals surface area contributed by atoms with Gasteiger partial charge in [-0.1, -0.05) is 28.1 Å². The molecule has 0 spiro atoms. The van der Waals surface area contributed by atoms with Crippen LogP contribution in [0.25, 0.3) is 0 Å². The van der Waals surface area contributed by atoms with Crippen molar-refractivity contribution < 1.29 is 13.9 Å². The summed E-state index contributed by atoms with van der Waals surface area (Å²) in [6.45, 7) is 6.07. The van der Waals surface area contributed by atoms with E-state index in [1.54, 1.807) is 12.4 Å². The van der Waals surface area contributed by atoms with Crippen LogP contribution in [0.3, 0.4) is 0 Å². The van der Waals surface area contributed by atoms with Gasteiger partial charge in [-0.25, -0.2) is 9.38 Å². The largest absolute Gasteiger partial charge is 0.375 e. The summed E-state index contributed by atoms with van der Waals surface area (Å²) < 4.78 is 27.3. The van der Waals surface area contributed by atoms with Crippen molar-refractivity contribution >= 4 is 28.0 Å². The first-order valence-electron chi connectivity index (χ1n) is 8.95. The number of halogens is 2. The standard InChI is InChI=1S/C21H24BrFN2O2/c1-4-25(3)14-24-20-9-15(2)18(10-19(20)23)21(12-26-13-21)27-11-16-5-7-17(22)8-6-16/h5-10,14H,4,11-13H2,1-3H3. The molecule has 0 aromatic heterocycles. The van der Waals surface area contributed by atoms with Gasteiger partial charge in [0.25, 0.3) is 0 Å². The molecule has 0 unspecified atom stereocenters. The maximum Gasteiger partial charge on any atom is 0.149 e. The summed E-state index contributed by atoms with van der Waals surface area (Å²) in [5.74, 6) is -0.352. The average molecular weight is 435 g/mol. The van der Waals surface area contributed by atoms with Gasteiger partial charge < -0.3 is 14.4 Å². The third kappa shape index (κ3) is 4.57. The van der Waals surface area contributed by atoms with Gasteiger partial charge in [0, 0.05) is 18.1 Å². The van der Waals surface area contributed by atoms with Gasteiger partial charge in [0.1, 0.15) is 17.1 Å². The lowest BCUT2D eigenvalue weighted by Crippen LogP contribution is -2.49. The number of aryl methyl sites for hydroxylation is 1. The van der Waals surface area contributed by atoms with Crippen molar-refractivity contribution in [1.29, 1.82) is 0 Å². The van der Waals surface area contributed by atoms with Gasteiger partial charge >= 0.3 is 0 Å². The molecule has 0 bridgehead atoms. The van der Waals surface area contributed by atoms with E-state index in [1.165, 1.54) is 6.07 Å². The summed E-state index contributed by atoms with van der Waals surface area (Å²) in [4.78, 5) is 6.15. The van der Waals surface area contributed by atoms with Gasteiger partial charge in [-0.3, -0.25) is 0 Å². The molecule has 1 saturated heterocycles. The Balaban J connectivity index is 1.81. The second kappa shape index (κ2) is 8.50. The Hall–Kier alpha value is -1.76. The number of benzene rings is 2. The molecule has 1 aliphatic heterocycles. The fourth-order valence-electron chi connectivity index (χ4n) is 2.90. The lowest BCUT2D eigenvalue weighted by Gasteiger charge is -2.42. The van der Waals surface area contributed by atoms with Crippen molar-refractivity contribution in [2.24, 2.45) is 4.99 Å². The van der Waals surface area contributed by atoms with Crippen LogP contribution in [-0.4, -0.2) is 38.0 Å². The smallest absolute Gasteiger partial charge is 0.149 e. The monoisotopic (exact) mass is 434 g/mol. The summed E-state index contributed by atoms with van der Waals surface area (Å²) in [5.41, 5.74) is 2.56. The molecule has 1 heterocycles. The number of hydrogen-bond donors (Lipinski definition) is 0. The van der Waals surface area contributed by atoms with Gasteiger partial charge in [-0.2, -0.15) is 0 Å². The maximum absolute atomic E-state index is 14.6. The molecule has 1 aliphatic rings. The van der Waals surface area contributed by atoms with Gasteiger partial charge in [0.15, 0.2) is 0 Å². The topological polar surface area (TPSA) is 34.1 Å². The molecule has 27 heavy (non-hydrogen) atoms. The molecule has 144 valence electrons. The first-order chi connectivity index (χ1) is 12.9. The molecule has 0 saturated carbocycles. The fourth-order valence-corrected chi connectivity index (χ4v) is 3.17. The quantitative estimate of drug-likeness (QED) is 0.456. The zero-order valence-corrected chi connectivity index (χ0v) is 17.4. The molecule has 0 amide bonds. The highest BCUT2D eigenvalue weighted by atomic mass is 79.9. The van der Waals surface area contributed by atoms with E-state index >= 15 is 0 Å². The Morgan fingerprint density at radius 3 is 2.59 bits per heavy atom. The minimum absolute atomic E-state index is 0.333. The highest BCUT2D eigenvalue weighted by molar-refractivity contribution is 9.10. The first-order valence-corrected chi connectivity index (χ1v) is 9.74. The Kier molecular flexibility index (Phi) is 6.29. The summed E-state index contributed by atoms with van der Waals surface area (Å²) in [6.07, 6.45) is 1.64. The van der Waals surface area contributed by atoms with Gasteiger partial charge in [-0.05, 0) is 54.8 Å². The fraction of sp³-hybridized carbons (Fsp3) is 0.381. The predicted molar refractivity (Wildman–Crippen MR) is 109 cm³/mol. The summed E-state index contributed by atoms with van der Waals surface area (Å²) in [7, 11) is 1.90. The average Bonchev–Trinajstić information content (AvgIpc) is 2.63. The normalized spacial score (nSPS) is 15.7. The van der Waals surface area contributed by atoms with E-state index in [2.05, 4.69) is 20.9 Å². The van der Waals surface area contributed by atoms with E-state index in [4.69, 9.17) is 9.47 Å². The number of ether oxygens (including phenoxy) is 2. The minimum Gasteiger partial charge on any atom is -0.375 e. The number of hydrogen-bond acceptors (Lipinski definition) is 3. The molecule has 3 rings (SSSR count). The molecule has 1 fully saturated rings. The number of aliphatic imine (C=N–C) groups is 1. The molecule has 0 radical (unpaired) electrons. The lowest BCUT2D eigenvalue weighted by atomic mass is 9.87. The second-order valence-electron chi connectivity index (χ2n) is 6.84. The van der Waals surface area contributed by atoms with Crippen molar-refractivity contribution in [3.05, 3.63) is 63.4 Å². The van der Waals surface area contributed by atoms with Crippen LogP contribution in [0.15, 0.2) is 45.9 Å². The van der Waals surface area contributed by atoms with Gasteiger partial charge in [0.05, 0.1) is 26.2 Å². The maximum atomic E-state index is 14.6. The van der Waals surface area contributed by atoms with E-state index in [1.807, 2.05) is 50.1 Å². The van der Waals surface area contributed by atoms with Crippen LogP contribution < -0.4 is 0 Å². The molecule has 0 N–H and O–H groups in total. The first kappa shape index (κ1) is 20.0. The van der Waals surface area contributed by atoms with E-state index in [-0.39, 0.29) is 5.82 Å². The van der Waals surface area contributed by atoms with Crippen LogP contribution in [0, 0.1) is 12.7 Å². The molecule has 0 aliphatic carbocycles. The summed E-state index contributed by atoms with van der Waals surface area (Å²) in [6, 6.07) is 11.3. The van der Waals surface area contributed by atoms with Crippen LogP contribution in [0.5, 0.6) is 0 Å². The Labute approximate surface area is 168 Å². The second-order valence-corrected chi connectivity index (χ2v) is 7.75. The van der Waals surface area contributed by atoms with E-state index in [0.717, 1.165) is 27.7 Å². The molecular formula is C21H24BrFN2O2. The minimum atomic E-state index is -0.611. The van der Waals surface area contributed by atoms with Crippen molar-refractivity contribution in [1.82, 2.24) is 4.90 Å². The molecular weight excluding hydrogens is 411 g/mol. The molecule has 0 atom stereocenters. The van der Waals surface area contributed by atoms with E-state index < -0.39 is 5.60 Å². The summed E-state index contributed by atoms with van der Waals surface area (Å²) >= 11 is 3.43. The molecule has 6 heteroatoms. The third-order valence-corrected chi connectivity index (χ3v) is 5.30. The van der Waals surface area contributed by atoms with E-state index in [9.17, 15) is 4.39 Å². The highest BCUT2D eigenvalue weighted by Crippen LogP contribution is 2.38. The third-order valence-electron chi connectivity index (χ3n) is 4.78. The number of nitrogens with zero attached hydrogens (tertiary/aromatic N) is 2. The van der Waals surface area contributed by atoms with Crippen LogP contribution in [0.2, 0.25) is 0 Å². The van der Waals surface area contributed by atoms with Crippen molar-refractivity contribution in [2.45, 2.75) is 26.1 Å². The molecule has 2 aromatic carbocycles. The zero-order chi connectivity index (χ0) is 19.4.